The number of fused-ring (bicyclic) bond motifs is 1. The second kappa shape index (κ2) is 8.46. The number of rotatable bonds is 6. The van der Waals surface area contributed by atoms with Crippen molar-refractivity contribution in [3.63, 3.8) is 0 Å². The van der Waals surface area contributed by atoms with Crippen LogP contribution in [0.15, 0.2) is 41.9 Å². The highest BCUT2D eigenvalue weighted by atomic mass is 16.5. The molecule has 2 heterocycles. The summed E-state index contributed by atoms with van der Waals surface area (Å²) in [5.41, 5.74) is 3.10. The number of nitrogens with zero attached hydrogens (tertiary/aromatic N) is 4. The van der Waals surface area contributed by atoms with Crippen LogP contribution in [-0.4, -0.2) is 45.8 Å². The summed E-state index contributed by atoms with van der Waals surface area (Å²) in [5.74, 6) is -0.0723. The second-order valence-electron chi connectivity index (χ2n) is 7.35. The first-order valence-corrected chi connectivity index (χ1v) is 9.74. The summed E-state index contributed by atoms with van der Waals surface area (Å²) in [6.07, 6.45) is 1.44. The van der Waals surface area contributed by atoms with Crippen LogP contribution in [0.25, 0.3) is 0 Å². The predicted molar refractivity (Wildman–Crippen MR) is 109 cm³/mol. The van der Waals surface area contributed by atoms with E-state index in [1.165, 1.54) is 6.33 Å². The number of aromatic nitrogens is 3. The van der Waals surface area contributed by atoms with Gasteiger partial charge >= 0.3 is 5.97 Å². The van der Waals surface area contributed by atoms with Gasteiger partial charge in [0.1, 0.15) is 18.9 Å². The number of hydrogen-bond acceptors (Lipinski definition) is 6. The molecule has 0 bridgehead atoms. The molecule has 1 aromatic carbocycles. The lowest BCUT2D eigenvalue weighted by atomic mass is 9.94. The van der Waals surface area contributed by atoms with E-state index in [1.807, 2.05) is 52.0 Å². The molecule has 0 saturated carbocycles. The monoisotopic (exact) mass is 397 g/mol. The SMILES string of the molecule is CCOC(=O)C1=C(C)N(CC(=O)NC(C)C)c2ncnn2[C@H]1c1ccc(C)cc1. The minimum absolute atomic E-state index is 0.0132. The summed E-state index contributed by atoms with van der Waals surface area (Å²) in [6.45, 7) is 9.68. The number of anilines is 1. The van der Waals surface area contributed by atoms with E-state index < -0.39 is 12.0 Å². The second-order valence-corrected chi connectivity index (χ2v) is 7.35. The van der Waals surface area contributed by atoms with Gasteiger partial charge < -0.3 is 15.0 Å². The predicted octanol–water partition coefficient (Wildman–Crippen LogP) is 2.36. The van der Waals surface area contributed by atoms with E-state index in [1.54, 1.807) is 16.5 Å². The summed E-state index contributed by atoms with van der Waals surface area (Å²) < 4.78 is 7.02. The minimum atomic E-state index is -0.475. The number of benzene rings is 1. The Morgan fingerprint density at radius 1 is 1.21 bits per heavy atom. The van der Waals surface area contributed by atoms with Crippen LogP contribution in [0.3, 0.4) is 0 Å². The topological polar surface area (TPSA) is 89.3 Å². The number of allylic oxidation sites excluding steroid dienone is 1. The maximum atomic E-state index is 12.9. The average molecular weight is 397 g/mol. The van der Waals surface area contributed by atoms with Crippen molar-refractivity contribution < 1.29 is 14.3 Å². The molecule has 0 fully saturated rings. The molecule has 0 unspecified atom stereocenters. The summed E-state index contributed by atoms with van der Waals surface area (Å²) in [7, 11) is 0. The molecule has 1 aliphatic heterocycles. The molecule has 1 aliphatic rings. The van der Waals surface area contributed by atoms with Crippen molar-refractivity contribution in [2.45, 2.75) is 46.7 Å². The fraction of sp³-hybridized carbons (Fsp3) is 0.429. The molecular formula is C21H27N5O3. The lowest BCUT2D eigenvalue weighted by molar-refractivity contribution is -0.139. The number of ether oxygens (including phenoxy) is 1. The molecule has 0 aliphatic carbocycles. The summed E-state index contributed by atoms with van der Waals surface area (Å²) in [6, 6.07) is 7.47. The van der Waals surface area contributed by atoms with Crippen LogP contribution in [0.2, 0.25) is 0 Å². The number of esters is 1. The van der Waals surface area contributed by atoms with Crippen molar-refractivity contribution >= 4 is 17.8 Å². The molecular weight excluding hydrogens is 370 g/mol. The molecule has 1 N–H and O–H groups in total. The van der Waals surface area contributed by atoms with Crippen LogP contribution in [0.1, 0.15) is 44.9 Å². The van der Waals surface area contributed by atoms with Crippen LogP contribution >= 0.6 is 0 Å². The molecule has 1 aromatic heterocycles. The van der Waals surface area contributed by atoms with Crippen LogP contribution < -0.4 is 10.2 Å². The molecule has 0 spiro atoms. The molecule has 1 atom stereocenters. The smallest absolute Gasteiger partial charge is 0.338 e. The van der Waals surface area contributed by atoms with Gasteiger partial charge in [-0.2, -0.15) is 10.1 Å². The summed E-state index contributed by atoms with van der Waals surface area (Å²) in [4.78, 5) is 31.4. The first-order chi connectivity index (χ1) is 13.8. The first kappa shape index (κ1) is 20.6. The highest BCUT2D eigenvalue weighted by Gasteiger charge is 2.38. The van der Waals surface area contributed by atoms with Crippen molar-refractivity contribution in [3.05, 3.63) is 53.0 Å². The Bertz CT molecular complexity index is 930. The van der Waals surface area contributed by atoms with E-state index in [0.29, 0.717) is 17.2 Å². The third kappa shape index (κ3) is 4.16. The van der Waals surface area contributed by atoms with E-state index in [-0.39, 0.29) is 25.1 Å². The van der Waals surface area contributed by atoms with E-state index in [4.69, 9.17) is 4.74 Å². The molecule has 2 aromatic rings. The number of nitrogens with one attached hydrogen (secondary N) is 1. The molecule has 29 heavy (non-hydrogen) atoms. The van der Waals surface area contributed by atoms with Gasteiger partial charge in [0.25, 0.3) is 0 Å². The lowest BCUT2D eigenvalue weighted by Crippen LogP contribution is -2.44. The Balaban J connectivity index is 2.11. The van der Waals surface area contributed by atoms with Crippen LogP contribution in [0.4, 0.5) is 5.95 Å². The van der Waals surface area contributed by atoms with E-state index >= 15 is 0 Å². The molecule has 8 heteroatoms. The molecule has 0 saturated heterocycles. The van der Waals surface area contributed by atoms with Crippen molar-refractivity contribution in [1.82, 2.24) is 20.1 Å². The van der Waals surface area contributed by atoms with Crippen molar-refractivity contribution in [2.75, 3.05) is 18.1 Å². The van der Waals surface area contributed by atoms with Gasteiger partial charge in [-0.25, -0.2) is 9.48 Å². The van der Waals surface area contributed by atoms with Crippen LogP contribution in [0.5, 0.6) is 0 Å². The first-order valence-electron chi connectivity index (χ1n) is 9.74. The normalized spacial score (nSPS) is 16.1. The van der Waals surface area contributed by atoms with E-state index in [9.17, 15) is 9.59 Å². The molecule has 8 nitrogen and oxygen atoms in total. The quantitative estimate of drug-likeness (QED) is 0.753. The van der Waals surface area contributed by atoms with Crippen LogP contribution in [-0.2, 0) is 14.3 Å². The minimum Gasteiger partial charge on any atom is -0.463 e. The Morgan fingerprint density at radius 3 is 2.52 bits per heavy atom. The third-order valence-electron chi connectivity index (χ3n) is 4.75. The Morgan fingerprint density at radius 2 is 1.90 bits per heavy atom. The summed E-state index contributed by atoms with van der Waals surface area (Å²) >= 11 is 0. The number of carbonyl (C=O) groups excluding carboxylic acids is 2. The lowest BCUT2D eigenvalue weighted by Gasteiger charge is -2.35. The average Bonchev–Trinajstić information content (AvgIpc) is 3.13. The van der Waals surface area contributed by atoms with Gasteiger partial charge in [0.2, 0.25) is 11.9 Å². The maximum Gasteiger partial charge on any atom is 0.338 e. The highest BCUT2D eigenvalue weighted by molar-refractivity contribution is 5.93. The van der Waals surface area contributed by atoms with E-state index in [0.717, 1.165) is 11.1 Å². The van der Waals surface area contributed by atoms with Gasteiger partial charge in [-0.05, 0) is 40.2 Å². The largest absolute Gasteiger partial charge is 0.463 e. The van der Waals surface area contributed by atoms with Gasteiger partial charge in [0, 0.05) is 11.7 Å². The molecule has 1 amide bonds. The van der Waals surface area contributed by atoms with Crippen molar-refractivity contribution in [1.29, 1.82) is 0 Å². The Kier molecular flexibility index (Phi) is 6.00. The zero-order valence-corrected chi connectivity index (χ0v) is 17.5. The van der Waals surface area contributed by atoms with Crippen LogP contribution in [0, 0.1) is 6.92 Å². The van der Waals surface area contributed by atoms with Crippen molar-refractivity contribution in [2.24, 2.45) is 0 Å². The van der Waals surface area contributed by atoms with Gasteiger partial charge in [0.05, 0.1) is 12.2 Å². The Hall–Kier alpha value is -3.16. The zero-order chi connectivity index (χ0) is 21.1. The zero-order valence-electron chi connectivity index (χ0n) is 17.5. The number of hydrogen-bond donors (Lipinski definition) is 1. The summed E-state index contributed by atoms with van der Waals surface area (Å²) in [5, 5.41) is 7.25. The number of aryl methyl sites for hydroxylation is 1. The third-order valence-corrected chi connectivity index (χ3v) is 4.75. The standard InChI is InChI=1S/C21H27N5O3/c1-6-29-20(28)18-15(5)25(11-17(27)24-13(2)3)21-22-12-23-26(21)19(18)16-9-7-14(4)8-10-16/h7-10,12-13,19H,6,11H2,1-5H3,(H,24,27)/t19-/m0/s1. The number of carbonyl (C=O) groups is 2. The van der Waals surface area contributed by atoms with Crippen molar-refractivity contribution in [3.8, 4) is 0 Å². The van der Waals surface area contributed by atoms with Gasteiger partial charge in [-0.3, -0.25) is 4.79 Å². The molecule has 154 valence electrons. The Labute approximate surface area is 170 Å². The highest BCUT2D eigenvalue weighted by Crippen LogP contribution is 2.38. The fourth-order valence-corrected chi connectivity index (χ4v) is 3.46. The van der Waals surface area contributed by atoms with Gasteiger partial charge in [-0.15, -0.1) is 0 Å². The van der Waals surface area contributed by atoms with Gasteiger partial charge in [0.15, 0.2) is 0 Å². The van der Waals surface area contributed by atoms with E-state index in [2.05, 4.69) is 15.4 Å². The molecule has 3 rings (SSSR count). The van der Waals surface area contributed by atoms with Gasteiger partial charge in [-0.1, -0.05) is 29.8 Å². The maximum absolute atomic E-state index is 12.9. The fourth-order valence-electron chi connectivity index (χ4n) is 3.46. The number of amides is 1. The molecule has 0 radical (unpaired) electrons.